The minimum Gasteiger partial charge on any atom is -0.389 e. The molecule has 0 saturated carbocycles. The molecule has 0 bridgehead atoms. The zero-order chi connectivity index (χ0) is 13.7. The Kier molecular flexibility index (Phi) is 4.41. The van der Waals surface area contributed by atoms with E-state index in [0.717, 1.165) is 30.0 Å². The fourth-order valence-corrected chi connectivity index (χ4v) is 1.82. The van der Waals surface area contributed by atoms with Crippen LogP contribution < -0.4 is 10.6 Å². The predicted octanol–water partition coefficient (Wildman–Crippen LogP) is 1.79. The molecule has 0 saturated heterocycles. The predicted molar refractivity (Wildman–Crippen MR) is 81.3 cm³/mol. The zero-order valence-electron chi connectivity index (χ0n) is 10.8. The highest BCUT2D eigenvalue weighted by Crippen LogP contribution is 2.10. The van der Waals surface area contributed by atoms with Crippen molar-refractivity contribution in [3.63, 3.8) is 0 Å². The summed E-state index contributed by atoms with van der Waals surface area (Å²) < 4.78 is 0. The van der Waals surface area contributed by atoms with Gasteiger partial charge in [0.2, 0.25) is 0 Å². The lowest BCUT2D eigenvalue weighted by Crippen LogP contribution is -2.22. The van der Waals surface area contributed by atoms with E-state index in [1.807, 2.05) is 43.6 Å². The molecule has 0 radical (unpaired) electrons. The van der Waals surface area contributed by atoms with Gasteiger partial charge in [-0.1, -0.05) is 18.3 Å². The molecule has 2 rings (SSSR count). The lowest BCUT2D eigenvalue weighted by Gasteiger charge is -2.17. The number of nitrogens with two attached hydrogens (primary N) is 1. The fraction of sp³-hybridized carbons (Fsp3) is 0.214. The van der Waals surface area contributed by atoms with Gasteiger partial charge in [0, 0.05) is 43.7 Å². The van der Waals surface area contributed by atoms with Crippen molar-refractivity contribution in [2.75, 3.05) is 18.5 Å². The third-order valence-corrected chi connectivity index (χ3v) is 3.09. The van der Waals surface area contributed by atoms with Gasteiger partial charge in [-0.25, -0.2) is 4.98 Å². The van der Waals surface area contributed by atoms with Crippen molar-refractivity contribution in [3.8, 4) is 0 Å². The van der Waals surface area contributed by atoms with Crippen LogP contribution in [0.4, 0.5) is 5.82 Å². The van der Waals surface area contributed by atoms with Crippen LogP contribution in [0.25, 0.3) is 0 Å². The van der Waals surface area contributed by atoms with Gasteiger partial charge in [-0.15, -0.1) is 0 Å². The summed E-state index contributed by atoms with van der Waals surface area (Å²) in [6, 6.07) is 9.76. The van der Waals surface area contributed by atoms with Crippen LogP contribution in [0.2, 0.25) is 0 Å². The summed E-state index contributed by atoms with van der Waals surface area (Å²) >= 11 is 4.90. The second-order valence-electron chi connectivity index (χ2n) is 4.26. The van der Waals surface area contributed by atoms with Crippen LogP contribution in [-0.2, 0) is 6.42 Å². The van der Waals surface area contributed by atoms with E-state index in [1.165, 1.54) is 0 Å². The van der Waals surface area contributed by atoms with Gasteiger partial charge in [0.25, 0.3) is 0 Å². The Morgan fingerprint density at radius 3 is 2.68 bits per heavy atom. The molecule has 2 aromatic heterocycles. The van der Waals surface area contributed by atoms with Crippen molar-refractivity contribution in [2.24, 2.45) is 5.73 Å². The van der Waals surface area contributed by atoms with Gasteiger partial charge in [0.15, 0.2) is 0 Å². The smallest absolute Gasteiger partial charge is 0.128 e. The summed E-state index contributed by atoms with van der Waals surface area (Å²) in [7, 11) is 2.01. The Balaban J connectivity index is 1.96. The van der Waals surface area contributed by atoms with E-state index in [9.17, 15) is 0 Å². The molecule has 2 aromatic rings. The second kappa shape index (κ2) is 6.24. The number of anilines is 1. The highest BCUT2D eigenvalue weighted by atomic mass is 32.1. The largest absolute Gasteiger partial charge is 0.389 e. The van der Waals surface area contributed by atoms with Crippen molar-refractivity contribution in [1.29, 1.82) is 0 Å². The fourth-order valence-electron chi connectivity index (χ4n) is 1.70. The number of hydrogen-bond donors (Lipinski definition) is 1. The molecule has 0 atom stereocenters. The standard InChI is InChI=1S/C14H16N4S/c1-18(9-7-12-4-2-3-8-16-12)13-6-5-11(10-17-13)14(15)19/h2-6,8,10H,7,9H2,1H3,(H2,15,19). The monoisotopic (exact) mass is 272 g/mol. The lowest BCUT2D eigenvalue weighted by atomic mass is 10.2. The van der Waals surface area contributed by atoms with Gasteiger partial charge in [-0.05, 0) is 24.3 Å². The first kappa shape index (κ1) is 13.4. The summed E-state index contributed by atoms with van der Waals surface area (Å²) in [5, 5.41) is 0. The van der Waals surface area contributed by atoms with Gasteiger partial charge < -0.3 is 10.6 Å². The average Bonchev–Trinajstić information content (AvgIpc) is 2.46. The van der Waals surface area contributed by atoms with Gasteiger partial charge in [0.05, 0.1) is 0 Å². The van der Waals surface area contributed by atoms with Gasteiger partial charge in [-0.3, -0.25) is 4.98 Å². The van der Waals surface area contributed by atoms with Crippen LogP contribution in [0.15, 0.2) is 42.7 Å². The zero-order valence-corrected chi connectivity index (χ0v) is 11.6. The van der Waals surface area contributed by atoms with Gasteiger partial charge >= 0.3 is 0 Å². The molecule has 0 aliphatic heterocycles. The third-order valence-electron chi connectivity index (χ3n) is 2.85. The van der Waals surface area contributed by atoms with E-state index >= 15 is 0 Å². The number of pyridine rings is 2. The molecule has 0 aliphatic rings. The highest BCUT2D eigenvalue weighted by molar-refractivity contribution is 7.80. The van der Waals surface area contributed by atoms with Crippen molar-refractivity contribution >= 4 is 23.0 Å². The molecular weight excluding hydrogens is 256 g/mol. The van der Waals surface area contributed by atoms with Crippen molar-refractivity contribution in [2.45, 2.75) is 6.42 Å². The Morgan fingerprint density at radius 2 is 2.11 bits per heavy atom. The van der Waals surface area contributed by atoms with Crippen molar-refractivity contribution in [3.05, 3.63) is 54.0 Å². The second-order valence-corrected chi connectivity index (χ2v) is 4.70. The molecule has 0 aromatic carbocycles. The number of aromatic nitrogens is 2. The van der Waals surface area contributed by atoms with E-state index in [1.54, 1.807) is 6.20 Å². The van der Waals surface area contributed by atoms with Crippen LogP contribution in [0.1, 0.15) is 11.3 Å². The summed E-state index contributed by atoms with van der Waals surface area (Å²) in [5.41, 5.74) is 7.41. The molecule has 2 heterocycles. The average molecular weight is 272 g/mol. The van der Waals surface area contributed by atoms with Gasteiger partial charge in [-0.2, -0.15) is 0 Å². The van der Waals surface area contributed by atoms with Crippen molar-refractivity contribution < 1.29 is 0 Å². The Hall–Kier alpha value is -2.01. The highest BCUT2D eigenvalue weighted by Gasteiger charge is 2.04. The van der Waals surface area contributed by atoms with E-state index in [0.29, 0.717) is 4.99 Å². The third kappa shape index (κ3) is 3.72. The van der Waals surface area contributed by atoms with Crippen LogP contribution in [0, 0.1) is 0 Å². The quantitative estimate of drug-likeness (QED) is 0.841. The maximum Gasteiger partial charge on any atom is 0.128 e. The molecule has 0 fully saturated rings. The molecule has 4 nitrogen and oxygen atoms in total. The summed E-state index contributed by atoms with van der Waals surface area (Å²) in [5.74, 6) is 0.899. The van der Waals surface area contributed by atoms with Gasteiger partial charge in [0.1, 0.15) is 10.8 Å². The van der Waals surface area contributed by atoms with E-state index in [4.69, 9.17) is 18.0 Å². The summed E-state index contributed by atoms with van der Waals surface area (Å²) in [6.45, 7) is 0.858. The normalized spacial score (nSPS) is 10.2. The van der Waals surface area contributed by atoms with E-state index < -0.39 is 0 Å². The number of nitrogens with zero attached hydrogens (tertiary/aromatic N) is 3. The Bertz CT molecular complexity index is 539. The molecule has 2 N–H and O–H groups in total. The van der Waals surface area contributed by atoms with Crippen LogP contribution in [0.5, 0.6) is 0 Å². The molecular formula is C14H16N4S. The van der Waals surface area contributed by atoms with Crippen LogP contribution in [-0.4, -0.2) is 28.5 Å². The molecule has 19 heavy (non-hydrogen) atoms. The first-order chi connectivity index (χ1) is 9.16. The molecule has 0 spiro atoms. The maximum absolute atomic E-state index is 5.54. The minimum atomic E-state index is 0.371. The lowest BCUT2D eigenvalue weighted by molar-refractivity contribution is 0.839. The van der Waals surface area contributed by atoms with Crippen LogP contribution >= 0.6 is 12.2 Å². The molecule has 5 heteroatoms. The minimum absolute atomic E-state index is 0.371. The Labute approximate surface area is 118 Å². The Morgan fingerprint density at radius 1 is 1.26 bits per heavy atom. The number of likely N-dealkylation sites (N-methyl/N-ethyl adjacent to an activating group) is 1. The molecule has 98 valence electrons. The van der Waals surface area contributed by atoms with E-state index in [-0.39, 0.29) is 0 Å². The maximum atomic E-state index is 5.54. The van der Waals surface area contributed by atoms with E-state index in [2.05, 4.69) is 14.9 Å². The summed E-state index contributed by atoms with van der Waals surface area (Å²) in [6.07, 6.45) is 4.40. The SMILES string of the molecule is CN(CCc1ccccn1)c1ccc(C(N)=S)cn1. The topological polar surface area (TPSA) is 55.0 Å². The van der Waals surface area contributed by atoms with Crippen molar-refractivity contribution in [1.82, 2.24) is 9.97 Å². The number of rotatable bonds is 5. The van der Waals surface area contributed by atoms with Crippen LogP contribution in [0.3, 0.4) is 0 Å². The number of hydrogen-bond acceptors (Lipinski definition) is 4. The molecule has 0 amide bonds. The molecule has 0 aliphatic carbocycles. The molecule has 0 unspecified atom stereocenters. The first-order valence-electron chi connectivity index (χ1n) is 6.04. The number of thiocarbonyl (C=S) groups is 1. The first-order valence-corrected chi connectivity index (χ1v) is 6.44. The summed E-state index contributed by atoms with van der Waals surface area (Å²) in [4.78, 5) is 11.1.